The van der Waals surface area contributed by atoms with E-state index in [1.807, 2.05) is 49.4 Å². The highest BCUT2D eigenvalue weighted by Gasteiger charge is 2.16. The summed E-state index contributed by atoms with van der Waals surface area (Å²) in [5, 5.41) is 6.19. The van der Waals surface area contributed by atoms with E-state index < -0.39 is 0 Å². The van der Waals surface area contributed by atoms with Gasteiger partial charge in [-0.05, 0) is 77.6 Å². The van der Waals surface area contributed by atoms with Crippen molar-refractivity contribution in [2.24, 2.45) is 7.05 Å². The molecule has 4 rings (SSSR count). The van der Waals surface area contributed by atoms with Gasteiger partial charge in [0.25, 0.3) is 11.5 Å². The first kappa shape index (κ1) is 25.6. The maximum atomic E-state index is 13.0. The van der Waals surface area contributed by atoms with Gasteiger partial charge in [-0.15, -0.1) is 0 Å². The number of aromatic nitrogens is 1. The molecule has 0 saturated heterocycles. The van der Waals surface area contributed by atoms with Crippen LogP contribution in [0.3, 0.4) is 0 Å². The Bertz CT molecular complexity index is 1510. The third-order valence-corrected chi connectivity index (χ3v) is 6.42. The van der Waals surface area contributed by atoms with Crippen LogP contribution >= 0.6 is 0 Å². The molecule has 6 heteroatoms. The number of aryl methyl sites for hydroxylation is 1. The van der Waals surface area contributed by atoms with Crippen LogP contribution in [-0.4, -0.2) is 16.8 Å². The van der Waals surface area contributed by atoms with Gasteiger partial charge in [-0.1, -0.05) is 45.0 Å². The summed E-state index contributed by atoms with van der Waals surface area (Å²) in [6, 6.07) is 22.1. The van der Waals surface area contributed by atoms with Crippen molar-refractivity contribution in [2.75, 3.05) is 10.6 Å². The van der Waals surface area contributed by atoms with Crippen LogP contribution in [0.1, 0.15) is 52.6 Å². The van der Waals surface area contributed by atoms with Crippen LogP contribution in [-0.2, 0) is 12.5 Å². The van der Waals surface area contributed by atoms with Gasteiger partial charge in [-0.25, -0.2) is 0 Å². The normalized spacial score (nSPS) is 11.2. The van der Waals surface area contributed by atoms with Gasteiger partial charge in [-0.3, -0.25) is 14.4 Å². The summed E-state index contributed by atoms with van der Waals surface area (Å²) in [4.78, 5) is 36.7. The van der Waals surface area contributed by atoms with E-state index in [2.05, 4.69) is 31.4 Å². The third kappa shape index (κ3) is 5.70. The molecule has 0 aliphatic carbocycles. The van der Waals surface area contributed by atoms with Gasteiger partial charge in [0.15, 0.2) is 0 Å². The number of carbonyl (C=O) groups excluding carboxylic acids is 2. The van der Waals surface area contributed by atoms with Crippen molar-refractivity contribution in [2.45, 2.75) is 33.1 Å². The number of carbonyl (C=O) groups is 2. The van der Waals surface area contributed by atoms with Gasteiger partial charge < -0.3 is 15.2 Å². The number of hydrogen-bond acceptors (Lipinski definition) is 4. The van der Waals surface area contributed by atoms with Crippen molar-refractivity contribution in [3.63, 3.8) is 0 Å². The molecule has 0 aliphatic heterocycles. The Balaban J connectivity index is 1.62. The highest BCUT2D eigenvalue weighted by Crippen LogP contribution is 2.30. The molecule has 6 nitrogen and oxygen atoms in total. The molecule has 4 aromatic rings. The molecule has 0 atom stereocenters. The molecular formula is C31H31N3O3. The van der Waals surface area contributed by atoms with Crippen molar-refractivity contribution >= 4 is 29.3 Å². The average Bonchev–Trinajstić information content (AvgIpc) is 2.88. The molecule has 37 heavy (non-hydrogen) atoms. The minimum absolute atomic E-state index is 0.0163. The molecule has 1 amide bonds. The minimum Gasteiger partial charge on any atom is -0.351 e. The number of rotatable bonds is 6. The number of benzene rings is 3. The maximum Gasteiger partial charge on any atom is 0.274 e. The molecular weight excluding hydrogens is 462 g/mol. The highest BCUT2D eigenvalue weighted by molar-refractivity contribution is 6.05. The Kier molecular flexibility index (Phi) is 7.11. The van der Waals surface area contributed by atoms with Crippen LogP contribution in [0.2, 0.25) is 0 Å². The van der Waals surface area contributed by atoms with E-state index in [1.165, 1.54) is 10.1 Å². The topological polar surface area (TPSA) is 80.2 Å². The Morgan fingerprint density at radius 3 is 2.22 bits per heavy atom. The van der Waals surface area contributed by atoms with E-state index in [0.29, 0.717) is 28.2 Å². The van der Waals surface area contributed by atoms with E-state index in [0.717, 1.165) is 23.0 Å². The smallest absolute Gasteiger partial charge is 0.274 e. The summed E-state index contributed by atoms with van der Waals surface area (Å²) in [6.07, 6.45) is 2.56. The summed E-state index contributed by atoms with van der Waals surface area (Å²) < 4.78 is 1.53. The molecule has 0 aliphatic rings. The first-order chi connectivity index (χ1) is 17.6. The quantitative estimate of drug-likeness (QED) is 0.302. The van der Waals surface area contributed by atoms with Crippen LogP contribution in [0.25, 0.3) is 11.1 Å². The number of nitrogens with one attached hydrogen (secondary N) is 2. The minimum atomic E-state index is -0.178. The van der Waals surface area contributed by atoms with Gasteiger partial charge in [0.2, 0.25) is 0 Å². The van der Waals surface area contributed by atoms with E-state index in [-0.39, 0.29) is 16.9 Å². The van der Waals surface area contributed by atoms with E-state index >= 15 is 0 Å². The van der Waals surface area contributed by atoms with Crippen LogP contribution in [0.4, 0.5) is 17.1 Å². The summed E-state index contributed by atoms with van der Waals surface area (Å²) in [7, 11) is 1.70. The van der Waals surface area contributed by atoms with E-state index in [1.54, 1.807) is 43.6 Å². The van der Waals surface area contributed by atoms with Crippen molar-refractivity contribution in [3.8, 4) is 11.1 Å². The van der Waals surface area contributed by atoms with Crippen molar-refractivity contribution < 1.29 is 9.59 Å². The zero-order chi connectivity index (χ0) is 26.7. The second-order valence-electron chi connectivity index (χ2n) is 10.2. The first-order valence-electron chi connectivity index (χ1n) is 12.1. The number of amides is 1. The van der Waals surface area contributed by atoms with Gasteiger partial charge in [0.05, 0.1) is 0 Å². The fourth-order valence-electron chi connectivity index (χ4n) is 4.15. The summed E-state index contributed by atoms with van der Waals surface area (Å²) >= 11 is 0. The predicted octanol–water partition coefficient (Wildman–Crippen LogP) is 6.47. The number of aldehydes is 1. The Morgan fingerprint density at radius 2 is 1.59 bits per heavy atom. The van der Waals surface area contributed by atoms with Gasteiger partial charge in [0, 0.05) is 41.3 Å². The maximum absolute atomic E-state index is 13.0. The zero-order valence-corrected chi connectivity index (χ0v) is 21.8. The predicted molar refractivity (Wildman–Crippen MR) is 150 cm³/mol. The Labute approximate surface area is 217 Å². The second-order valence-corrected chi connectivity index (χ2v) is 10.2. The van der Waals surface area contributed by atoms with Gasteiger partial charge in [-0.2, -0.15) is 0 Å². The van der Waals surface area contributed by atoms with Crippen LogP contribution in [0.5, 0.6) is 0 Å². The summed E-state index contributed by atoms with van der Waals surface area (Å²) in [5.74, 6) is -0.178. The molecule has 0 spiro atoms. The molecule has 188 valence electrons. The second kappa shape index (κ2) is 10.3. The largest absolute Gasteiger partial charge is 0.351 e. The lowest BCUT2D eigenvalue weighted by Crippen LogP contribution is -2.19. The monoisotopic (exact) mass is 493 g/mol. The molecule has 2 N–H and O–H groups in total. The van der Waals surface area contributed by atoms with Crippen molar-refractivity contribution in [1.29, 1.82) is 0 Å². The number of pyridine rings is 1. The lowest BCUT2D eigenvalue weighted by atomic mass is 9.86. The van der Waals surface area contributed by atoms with Gasteiger partial charge >= 0.3 is 0 Å². The summed E-state index contributed by atoms with van der Waals surface area (Å²) in [5.41, 5.74) is 6.60. The van der Waals surface area contributed by atoms with Crippen molar-refractivity contribution in [1.82, 2.24) is 4.57 Å². The third-order valence-electron chi connectivity index (χ3n) is 6.42. The summed E-state index contributed by atoms with van der Waals surface area (Å²) in [6.45, 7) is 8.37. The molecule has 1 aromatic heterocycles. The molecule has 0 fully saturated rings. The first-order valence-corrected chi connectivity index (χ1v) is 12.1. The average molecular weight is 494 g/mol. The highest BCUT2D eigenvalue weighted by atomic mass is 16.1. The molecule has 0 saturated carbocycles. The van der Waals surface area contributed by atoms with Gasteiger partial charge in [0.1, 0.15) is 12.0 Å². The Morgan fingerprint density at radius 1 is 0.919 bits per heavy atom. The van der Waals surface area contributed by atoms with Crippen LogP contribution in [0, 0.1) is 6.92 Å². The molecule has 0 radical (unpaired) electrons. The fraction of sp³-hybridized carbons (Fsp3) is 0.194. The number of anilines is 3. The van der Waals surface area contributed by atoms with Crippen LogP contribution < -0.4 is 16.2 Å². The lowest BCUT2D eigenvalue weighted by Gasteiger charge is -2.19. The molecule has 1 heterocycles. The van der Waals surface area contributed by atoms with E-state index in [4.69, 9.17) is 0 Å². The lowest BCUT2D eigenvalue weighted by molar-refractivity contribution is 0.102. The fourth-order valence-corrected chi connectivity index (χ4v) is 4.15. The number of nitrogens with zero attached hydrogens (tertiary/aromatic N) is 1. The zero-order valence-electron chi connectivity index (χ0n) is 21.8. The molecule has 0 unspecified atom stereocenters. The molecule has 3 aromatic carbocycles. The van der Waals surface area contributed by atoms with Crippen LogP contribution in [0.15, 0.2) is 83.8 Å². The number of hydrogen-bond donors (Lipinski definition) is 2. The standard InChI is InChI=1S/C31H31N3O3/c1-20-26(7-6-8-27(20)33-29(36)22-11-13-24(14-12-22)31(2,3)4)23-17-28(30(37)34(5)18-23)32-25-15-9-21(19-35)10-16-25/h6-19,32H,1-5H3,(H,33,36). The van der Waals surface area contributed by atoms with Crippen molar-refractivity contribution in [3.05, 3.63) is 112 Å². The SMILES string of the molecule is Cc1c(NC(=O)c2ccc(C(C)(C)C)cc2)cccc1-c1cc(Nc2ccc(C=O)cc2)c(=O)n(C)c1. The Hall–Kier alpha value is -4.45. The van der Waals surface area contributed by atoms with E-state index in [9.17, 15) is 14.4 Å². The molecule has 0 bridgehead atoms.